The highest BCUT2D eigenvalue weighted by Gasteiger charge is 2.07. The fourth-order valence-electron chi connectivity index (χ4n) is 1.88. The maximum absolute atomic E-state index is 10.1. The molecule has 0 aliphatic rings. The van der Waals surface area contributed by atoms with E-state index < -0.39 is 0 Å². The number of benzene rings is 1. The van der Waals surface area contributed by atoms with Crippen LogP contribution in [0.15, 0.2) is 30.3 Å². The molecule has 1 aromatic heterocycles. The predicted octanol–water partition coefficient (Wildman–Crippen LogP) is 3.45. The van der Waals surface area contributed by atoms with Crippen molar-refractivity contribution in [3.05, 3.63) is 45.6 Å². The molecule has 0 fully saturated rings. The van der Waals surface area contributed by atoms with Gasteiger partial charge in [0.1, 0.15) is 0 Å². The number of ether oxygens (including phenoxy) is 1. The van der Waals surface area contributed by atoms with Crippen LogP contribution < -0.4 is 10.1 Å². The van der Waals surface area contributed by atoms with Crippen LogP contribution in [0.3, 0.4) is 0 Å². The number of nitrogens with one attached hydrogen (secondary N) is 1. The van der Waals surface area contributed by atoms with E-state index in [-0.39, 0.29) is 5.75 Å². The fraction of sp³-hybridized carbons (Fsp3) is 0.333. The van der Waals surface area contributed by atoms with Gasteiger partial charge in [-0.1, -0.05) is 12.1 Å². The zero-order valence-corrected chi connectivity index (χ0v) is 12.1. The normalized spacial score (nSPS) is 10.6. The molecule has 0 atom stereocenters. The molecule has 0 bridgehead atoms. The van der Waals surface area contributed by atoms with Gasteiger partial charge in [-0.25, -0.2) is 0 Å². The molecule has 0 radical (unpaired) electrons. The molecule has 2 aromatic rings. The SMILES string of the molecule is CCOc1cccc(CNCc2ccc(C)s2)c1O. The Hall–Kier alpha value is -1.52. The molecule has 3 nitrogen and oxygen atoms in total. The van der Waals surface area contributed by atoms with Crippen molar-refractivity contribution in [2.45, 2.75) is 26.9 Å². The predicted molar refractivity (Wildman–Crippen MR) is 78.9 cm³/mol. The summed E-state index contributed by atoms with van der Waals surface area (Å²) in [4.78, 5) is 2.62. The molecule has 102 valence electrons. The zero-order chi connectivity index (χ0) is 13.7. The topological polar surface area (TPSA) is 41.5 Å². The number of aromatic hydroxyl groups is 1. The molecule has 0 aliphatic carbocycles. The number of hydrogen-bond acceptors (Lipinski definition) is 4. The molecule has 0 spiro atoms. The van der Waals surface area contributed by atoms with Crippen molar-refractivity contribution in [2.24, 2.45) is 0 Å². The summed E-state index contributed by atoms with van der Waals surface area (Å²) >= 11 is 1.79. The second kappa shape index (κ2) is 6.59. The highest BCUT2D eigenvalue weighted by molar-refractivity contribution is 7.11. The van der Waals surface area contributed by atoms with Crippen LogP contribution >= 0.6 is 11.3 Å². The van der Waals surface area contributed by atoms with Crippen molar-refractivity contribution in [3.8, 4) is 11.5 Å². The van der Waals surface area contributed by atoms with Crippen molar-refractivity contribution in [1.29, 1.82) is 0 Å². The maximum Gasteiger partial charge on any atom is 0.162 e. The molecule has 0 aliphatic heterocycles. The van der Waals surface area contributed by atoms with Gasteiger partial charge in [-0.3, -0.25) is 0 Å². The summed E-state index contributed by atoms with van der Waals surface area (Å²) in [6, 6.07) is 9.84. The molecule has 0 amide bonds. The Kier molecular flexibility index (Phi) is 4.82. The lowest BCUT2D eigenvalue weighted by atomic mass is 10.2. The second-order valence-electron chi connectivity index (χ2n) is 4.31. The largest absolute Gasteiger partial charge is 0.504 e. The van der Waals surface area contributed by atoms with Crippen molar-refractivity contribution < 1.29 is 9.84 Å². The molecule has 0 saturated carbocycles. The smallest absolute Gasteiger partial charge is 0.162 e. The van der Waals surface area contributed by atoms with E-state index in [2.05, 4.69) is 24.4 Å². The Labute approximate surface area is 117 Å². The number of phenols is 1. The van der Waals surface area contributed by atoms with Gasteiger partial charge in [0.15, 0.2) is 11.5 Å². The average molecular weight is 277 g/mol. The Bertz CT molecular complexity index is 537. The summed E-state index contributed by atoms with van der Waals surface area (Å²) in [5, 5.41) is 13.4. The van der Waals surface area contributed by atoms with E-state index in [1.54, 1.807) is 17.4 Å². The molecule has 2 N–H and O–H groups in total. The van der Waals surface area contributed by atoms with Crippen molar-refractivity contribution in [1.82, 2.24) is 5.32 Å². The van der Waals surface area contributed by atoms with Gasteiger partial charge in [-0.2, -0.15) is 0 Å². The first kappa shape index (κ1) is 13.9. The summed E-state index contributed by atoms with van der Waals surface area (Å²) in [6.45, 7) is 6.01. The van der Waals surface area contributed by atoms with Crippen LogP contribution in [-0.4, -0.2) is 11.7 Å². The maximum atomic E-state index is 10.1. The minimum absolute atomic E-state index is 0.235. The van der Waals surface area contributed by atoms with Crippen LogP contribution in [0, 0.1) is 6.92 Å². The van der Waals surface area contributed by atoms with Crippen molar-refractivity contribution in [3.63, 3.8) is 0 Å². The quantitative estimate of drug-likeness (QED) is 0.849. The molecule has 1 heterocycles. The third-order valence-electron chi connectivity index (χ3n) is 2.79. The first-order valence-electron chi connectivity index (χ1n) is 6.40. The summed E-state index contributed by atoms with van der Waals surface area (Å²) in [6.07, 6.45) is 0. The number of thiophene rings is 1. The lowest BCUT2D eigenvalue weighted by Crippen LogP contribution is -2.12. The minimum Gasteiger partial charge on any atom is -0.504 e. The Morgan fingerprint density at radius 1 is 1.21 bits per heavy atom. The van der Waals surface area contributed by atoms with Gasteiger partial charge in [0.2, 0.25) is 0 Å². The first-order valence-corrected chi connectivity index (χ1v) is 7.22. The van der Waals surface area contributed by atoms with Gasteiger partial charge in [-0.05, 0) is 32.0 Å². The summed E-state index contributed by atoms with van der Waals surface area (Å²) in [5.74, 6) is 0.785. The fourth-order valence-corrected chi connectivity index (χ4v) is 2.74. The van der Waals surface area contributed by atoms with E-state index in [0.29, 0.717) is 18.9 Å². The molecule has 0 unspecified atom stereocenters. The summed E-state index contributed by atoms with van der Waals surface area (Å²) in [7, 11) is 0. The number of phenolic OH excluding ortho intramolecular Hbond substituents is 1. The zero-order valence-electron chi connectivity index (χ0n) is 11.3. The minimum atomic E-state index is 0.235. The van der Waals surface area contributed by atoms with Crippen LogP contribution in [0.5, 0.6) is 11.5 Å². The summed E-state index contributed by atoms with van der Waals surface area (Å²) in [5.41, 5.74) is 0.860. The lowest BCUT2D eigenvalue weighted by molar-refractivity contribution is 0.316. The standard InChI is InChI=1S/C15H19NO2S/c1-3-18-14-6-4-5-12(15(14)17)9-16-10-13-8-7-11(2)19-13/h4-8,16-17H,3,9-10H2,1-2H3. The molecular formula is C15H19NO2S. The Morgan fingerprint density at radius 2 is 2.05 bits per heavy atom. The van der Waals surface area contributed by atoms with Crippen LogP contribution in [0.1, 0.15) is 22.2 Å². The highest BCUT2D eigenvalue weighted by Crippen LogP contribution is 2.29. The average Bonchev–Trinajstić information content (AvgIpc) is 2.80. The molecule has 2 rings (SSSR count). The van der Waals surface area contributed by atoms with E-state index in [1.807, 2.05) is 19.1 Å². The van der Waals surface area contributed by atoms with Gasteiger partial charge in [0, 0.05) is 28.4 Å². The van der Waals surface area contributed by atoms with Gasteiger partial charge in [0.05, 0.1) is 6.61 Å². The van der Waals surface area contributed by atoms with Crippen LogP contribution in [-0.2, 0) is 13.1 Å². The van der Waals surface area contributed by atoms with E-state index in [4.69, 9.17) is 4.74 Å². The van der Waals surface area contributed by atoms with Gasteiger partial charge in [-0.15, -0.1) is 11.3 Å². The van der Waals surface area contributed by atoms with Gasteiger partial charge >= 0.3 is 0 Å². The van der Waals surface area contributed by atoms with E-state index >= 15 is 0 Å². The van der Waals surface area contributed by atoms with E-state index in [9.17, 15) is 5.11 Å². The number of para-hydroxylation sites is 1. The number of aryl methyl sites for hydroxylation is 1. The first-order chi connectivity index (χ1) is 9.20. The van der Waals surface area contributed by atoms with Crippen LogP contribution in [0.4, 0.5) is 0 Å². The number of rotatable bonds is 6. The highest BCUT2D eigenvalue weighted by atomic mass is 32.1. The number of hydrogen-bond donors (Lipinski definition) is 2. The lowest BCUT2D eigenvalue weighted by Gasteiger charge is -2.10. The third kappa shape index (κ3) is 3.72. The third-order valence-corrected chi connectivity index (χ3v) is 3.79. The Morgan fingerprint density at radius 3 is 2.74 bits per heavy atom. The molecule has 1 aromatic carbocycles. The van der Waals surface area contributed by atoms with E-state index in [1.165, 1.54) is 9.75 Å². The molecule has 19 heavy (non-hydrogen) atoms. The second-order valence-corrected chi connectivity index (χ2v) is 5.69. The monoisotopic (exact) mass is 277 g/mol. The van der Waals surface area contributed by atoms with Gasteiger partial charge < -0.3 is 15.2 Å². The van der Waals surface area contributed by atoms with E-state index in [0.717, 1.165) is 12.1 Å². The molecule has 0 saturated heterocycles. The van der Waals surface area contributed by atoms with Crippen LogP contribution in [0.2, 0.25) is 0 Å². The Balaban J connectivity index is 1.94. The van der Waals surface area contributed by atoms with Crippen molar-refractivity contribution >= 4 is 11.3 Å². The van der Waals surface area contributed by atoms with Gasteiger partial charge in [0.25, 0.3) is 0 Å². The molecule has 4 heteroatoms. The van der Waals surface area contributed by atoms with Crippen LogP contribution in [0.25, 0.3) is 0 Å². The summed E-state index contributed by atoms with van der Waals surface area (Å²) < 4.78 is 5.37. The molecular weight excluding hydrogens is 258 g/mol. The van der Waals surface area contributed by atoms with Crippen molar-refractivity contribution in [2.75, 3.05) is 6.61 Å².